The zero-order valence-electron chi connectivity index (χ0n) is 10.3. The number of carbonyl (C=O) groups excluding carboxylic acids is 1. The summed E-state index contributed by atoms with van der Waals surface area (Å²) < 4.78 is 0. The SMILES string of the molecule is CCCC1CCC(=O)C(C2CCCC2O)C1. The Bertz CT molecular complexity index is 249. The Kier molecular flexibility index (Phi) is 4.01. The molecule has 0 amide bonds. The molecule has 2 nitrogen and oxygen atoms in total. The topological polar surface area (TPSA) is 37.3 Å². The number of aliphatic hydroxyl groups is 1. The molecule has 2 heteroatoms. The fourth-order valence-corrected chi connectivity index (χ4v) is 3.66. The van der Waals surface area contributed by atoms with E-state index in [1.165, 1.54) is 12.8 Å². The zero-order chi connectivity index (χ0) is 11.5. The van der Waals surface area contributed by atoms with Crippen molar-refractivity contribution in [3.63, 3.8) is 0 Å². The van der Waals surface area contributed by atoms with Gasteiger partial charge in [-0.15, -0.1) is 0 Å². The number of ketones is 1. The molecule has 0 aromatic rings. The number of rotatable bonds is 3. The highest BCUT2D eigenvalue weighted by Crippen LogP contribution is 2.40. The summed E-state index contributed by atoms with van der Waals surface area (Å²) in [5.74, 6) is 1.63. The standard InChI is InChI=1S/C14H24O2/c1-2-4-10-7-8-14(16)12(9-10)11-5-3-6-13(11)15/h10-13,15H,2-9H2,1H3. The summed E-state index contributed by atoms with van der Waals surface area (Å²) in [6.07, 6.45) is 8.26. The maximum absolute atomic E-state index is 12.0. The highest BCUT2D eigenvalue weighted by Gasteiger charge is 2.39. The summed E-state index contributed by atoms with van der Waals surface area (Å²) in [6.45, 7) is 2.22. The third-order valence-electron chi connectivity index (χ3n) is 4.55. The van der Waals surface area contributed by atoms with E-state index < -0.39 is 0 Å². The minimum Gasteiger partial charge on any atom is -0.393 e. The highest BCUT2D eigenvalue weighted by molar-refractivity contribution is 5.82. The van der Waals surface area contributed by atoms with Crippen LogP contribution < -0.4 is 0 Å². The molecule has 2 fully saturated rings. The third kappa shape index (κ3) is 2.48. The van der Waals surface area contributed by atoms with Crippen molar-refractivity contribution in [2.24, 2.45) is 17.8 Å². The second-order valence-electron chi connectivity index (χ2n) is 5.66. The van der Waals surface area contributed by atoms with Gasteiger partial charge < -0.3 is 5.11 Å². The van der Waals surface area contributed by atoms with Gasteiger partial charge in [-0.1, -0.05) is 26.2 Å². The number of Topliss-reactive ketones (excluding diaryl/α,β-unsaturated/α-hetero) is 1. The van der Waals surface area contributed by atoms with E-state index in [1.54, 1.807) is 0 Å². The molecule has 0 aliphatic heterocycles. The lowest BCUT2D eigenvalue weighted by Crippen LogP contribution is -2.34. The lowest BCUT2D eigenvalue weighted by molar-refractivity contribution is -0.129. The van der Waals surface area contributed by atoms with Gasteiger partial charge in [-0.05, 0) is 37.5 Å². The van der Waals surface area contributed by atoms with Crippen LogP contribution in [0, 0.1) is 17.8 Å². The van der Waals surface area contributed by atoms with Gasteiger partial charge in [0.15, 0.2) is 0 Å². The van der Waals surface area contributed by atoms with Crippen molar-refractivity contribution in [1.29, 1.82) is 0 Å². The second kappa shape index (κ2) is 5.31. The van der Waals surface area contributed by atoms with Crippen LogP contribution in [0.5, 0.6) is 0 Å². The first-order chi connectivity index (χ1) is 7.72. The Morgan fingerprint density at radius 3 is 2.75 bits per heavy atom. The van der Waals surface area contributed by atoms with Gasteiger partial charge >= 0.3 is 0 Å². The van der Waals surface area contributed by atoms with E-state index in [9.17, 15) is 9.90 Å². The van der Waals surface area contributed by atoms with E-state index >= 15 is 0 Å². The Balaban J connectivity index is 1.97. The first-order valence-corrected chi connectivity index (χ1v) is 6.93. The van der Waals surface area contributed by atoms with Crippen molar-refractivity contribution in [3.8, 4) is 0 Å². The number of carbonyl (C=O) groups is 1. The summed E-state index contributed by atoms with van der Waals surface area (Å²) in [4.78, 5) is 12.0. The van der Waals surface area contributed by atoms with Gasteiger partial charge in [-0.2, -0.15) is 0 Å². The van der Waals surface area contributed by atoms with Gasteiger partial charge in [-0.3, -0.25) is 4.79 Å². The number of aliphatic hydroxyl groups excluding tert-OH is 1. The molecule has 0 heterocycles. The molecule has 92 valence electrons. The summed E-state index contributed by atoms with van der Waals surface area (Å²) in [7, 11) is 0. The second-order valence-corrected chi connectivity index (χ2v) is 5.66. The van der Waals surface area contributed by atoms with Crippen LogP contribution in [0.4, 0.5) is 0 Å². The molecule has 1 N–H and O–H groups in total. The highest BCUT2D eigenvalue weighted by atomic mass is 16.3. The quantitative estimate of drug-likeness (QED) is 0.800. The van der Waals surface area contributed by atoms with Crippen LogP contribution in [0.25, 0.3) is 0 Å². The molecule has 2 aliphatic carbocycles. The third-order valence-corrected chi connectivity index (χ3v) is 4.55. The van der Waals surface area contributed by atoms with E-state index in [1.807, 2.05) is 0 Å². The lowest BCUT2D eigenvalue weighted by atomic mass is 9.72. The number of hydrogen-bond acceptors (Lipinski definition) is 2. The minimum absolute atomic E-state index is 0.183. The van der Waals surface area contributed by atoms with E-state index in [-0.39, 0.29) is 17.9 Å². The van der Waals surface area contributed by atoms with Gasteiger partial charge in [0, 0.05) is 12.3 Å². The van der Waals surface area contributed by atoms with Crippen LogP contribution in [-0.2, 0) is 4.79 Å². The van der Waals surface area contributed by atoms with Gasteiger partial charge in [-0.25, -0.2) is 0 Å². The van der Waals surface area contributed by atoms with Crippen LogP contribution in [0.1, 0.15) is 58.3 Å². The van der Waals surface area contributed by atoms with Gasteiger partial charge in [0.1, 0.15) is 5.78 Å². The fourth-order valence-electron chi connectivity index (χ4n) is 3.66. The summed E-state index contributed by atoms with van der Waals surface area (Å²) in [5, 5.41) is 9.92. The van der Waals surface area contributed by atoms with Gasteiger partial charge in [0.25, 0.3) is 0 Å². The van der Waals surface area contributed by atoms with Gasteiger partial charge in [0.05, 0.1) is 6.10 Å². The molecule has 2 rings (SSSR count). The molecule has 0 bridgehead atoms. The molecule has 0 radical (unpaired) electrons. The van der Waals surface area contributed by atoms with Crippen LogP contribution in [-0.4, -0.2) is 17.0 Å². The molecular formula is C14H24O2. The molecule has 0 saturated heterocycles. The zero-order valence-corrected chi connectivity index (χ0v) is 10.3. The molecule has 16 heavy (non-hydrogen) atoms. The normalized spacial score (nSPS) is 40.2. The largest absolute Gasteiger partial charge is 0.393 e. The summed E-state index contributed by atoms with van der Waals surface area (Å²) in [5.41, 5.74) is 0. The minimum atomic E-state index is -0.200. The van der Waals surface area contributed by atoms with Crippen molar-refractivity contribution in [1.82, 2.24) is 0 Å². The predicted molar refractivity (Wildman–Crippen MR) is 64.1 cm³/mol. The van der Waals surface area contributed by atoms with Crippen molar-refractivity contribution in [3.05, 3.63) is 0 Å². The lowest BCUT2D eigenvalue weighted by Gasteiger charge is -2.33. The molecule has 4 atom stereocenters. The molecule has 2 aliphatic rings. The molecular weight excluding hydrogens is 200 g/mol. The Morgan fingerprint density at radius 1 is 1.31 bits per heavy atom. The van der Waals surface area contributed by atoms with Crippen molar-refractivity contribution < 1.29 is 9.90 Å². The van der Waals surface area contributed by atoms with E-state index in [2.05, 4.69) is 6.92 Å². The van der Waals surface area contributed by atoms with Crippen LogP contribution in [0.2, 0.25) is 0 Å². The first-order valence-electron chi connectivity index (χ1n) is 6.93. The maximum Gasteiger partial charge on any atom is 0.136 e. The molecule has 0 spiro atoms. The van der Waals surface area contributed by atoms with Crippen LogP contribution >= 0.6 is 0 Å². The Morgan fingerprint density at radius 2 is 2.12 bits per heavy atom. The van der Waals surface area contributed by atoms with Crippen molar-refractivity contribution in [2.45, 2.75) is 64.4 Å². The van der Waals surface area contributed by atoms with Crippen LogP contribution in [0.15, 0.2) is 0 Å². The fraction of sp³-hybridized carbons (Fsp3) is 0.929. The molecule has 2 saturated carbocycles. The maximum atomic E-state index is 12.0. The number of hydrogen-bond donors (Lipinski definition) is 1. The smallest absolute Gasteiger partial charge is 0.136 e. The van der Waals surface area contributed by atoms with Crippen LogP contribution in [0.3, 0.4) is 0 Å². The van der Waals surface area contributed by atoms with Gasteiger partial charge in [0.2, 0.25) is 0 Å². The predicted octanol–water partition coefficient (Wildman–Crippen LogP) is 2.93. The van der Waals surface area contributed by atoms with Crippen molar-refractivity contribution in [2.75, 3.05) is 0 Å². The molecule has 0 aromatic heterocycles. The summed E-state index contributed by atoms with van der Waals surface area (Å²) >= 11 is 0. The Hall–Kier alpha value is -0.370. The average Bonchev–Trinajstić information content (AvgIpc) is 2.68. The van der Waals surface area contributed by atoms with Crippen molar-refractivity contribution >= 4 is 5.78 Å². The average molecular weight is 224 g/mol. The van der Waals surface area contributed by atoms with E-state index in [4.69, 9.17) is 0 Å². The monoisotopic (exact) mass is 224 g/mol. The molecule has 0 aromatic carbocycles. The van der Waals surface area contributed by atoms with E-state index in [0.29, 0.717) is 5.78 Å². The van der Waals surface area contributed by atoms with E-state index in [0.717, 1.165) is 44.4 Å². The Labute approximate surface area is 98.4 Å². The summed E-state index contributed by atoms with van der Waals surface area (Å²) in [6, 6.07) is 0. The molecule has 4 unspecified atom stereocenters. The first kappa shape index (κ1) is 12.1.